The lowest BCUT2D eigenvalue weighted by molar-refractivity contribution is 0.0784. The fourth-order valence-corrected chi connectivity index (χ4v) is 2.95. The molecule has 1 heterocycles. The van der Waals surface area contributed by atoms with Crippen LogP contribution in [-0.2, 0) is 0 Å². The summed E-state index contributed by atoms with van der Waals surface area (Å²) < 4.78 is 0.852. The standard InChI is InChI=1S/C14H19BrN2O/c1-9(2)10-3-4-17(8-10)14(18)11-5-12(15)7-13(16)6-11/h5-7,9-10H,3-4,8,16H2,1-2H3. The quantitative estimate of drug-likeness (QED) is 0.853. The van der Waals surface area contributed by atoms with Crippen molar-refractivity contribution in [3.8, 4) is 0 Å². The van der Waals surface area contributed by atoms with Crippen LogP contribution in [0.25, 0.3) is 0 Å². The van der Waals surface area contributed by atoms with Crippen molar-refractivity contribution < 1.29 is 4.79 Å². The van der Waals surface area contributed by atoms with Crippen LogP contribution in [0.2, 0.25) is 0 Å². The highest BCUT2D eigenvalue weighted by molar-refractivity contribution is 9.10. The van der Waals surface area contributed by atoms with Crippen LogP contribution in [-0.4, -0.2) is 23.9 Å². The molecule has 1 fully saturated rings. The Labute approximate surface area is 116 Å². The van der Waals surface area contributed by atoms with E-state index in [1.165, 1.54) is 0 Å². The topological polar surface area (TPSA) is 46.3 Å². The Balaban J connectivity index is 2.12. The molecule has 1 atom stereocenters. The SMILES string of the molecule is CC(C)C1CCN(C(=O)c2cc(N)cc(Br)c2)C1. The molecule has 2 rings (SSSR count). The molecule has 0 spiro atoms. The molecule has 1 saturated heterocycles. The Morgan fingerprint density at radius 1 is 1.44 bits per heavy atom. The van der Waals surface area contributed by atoms with Crippen LogP contribution in [0.1, 0.15) is 30.6 Å². The van der Waals surface area contributed by atoms with E-state index < -0.39 is 0 Å². The summed E-state index contributed by atoms with van der Waals surface area (Å²) in [5.74, 6) is 1.35. The second-order valence-electron chi connectivity index (χ2n) is 5.32. The molecule has 0 bridgehead atoms. The summed E-state index contributed by atoms with van der Waals surface area (Å²) in [5, 5.41) is 0. The summed E-state index contributed by atoms with van der Waals surface area (Å²) in [4.78, 5) is 14.3. The maximum absolute atomic E-state index is 12.4. The van der Waals surface area contributed by atoms with Gasteiger partial charge in [-0.25, -0.2) is 0 Å². The first-order valence-corrected chi connectivity index (χ1v) is 7.12. The third-order valence-electron chi connectivity index (χ3n) is 3.62. The van der Waals surface area contributed by atoms with Gasteiger partial charge in [-0.15, -0.1) is 0 Å². The van der Waals surface area contributed by atoms with E-state index in [9.17, 15) is 4.79 Å². The van der Waals surface area contributed by atoms with Gasteiger partial charge in [0.2, 0.25) is 0 Å². The minimum absolute atomic E-state index is 0.0890. The van der Waals surface area contributed by atoms with Gasteiger partial charge in [-0.05, 0) is 36.5 Å². The normalized spacial score (nSPS) is 19.6. The van der Waals surface area contributed by atoms with Crippen LogP contribution in [0, 0.1) is 11.8 Å². The van der Waals surface area contributed by atoms with Crippen LogP contribution in [0.3, 0.4) is 0 Å². The average molecular weight is 311 g/mol. The van der Waals surface area contributed by atoms with Gasteiger partial charge < -0.3 is 10.6 Å². The van der Waals surface area contributed by atoms with Crippen LogP contribution in [0.15, 0.2) is 22.7 Å². The van der Waals surface area contributed by atoms with Crippen molar-refractivity contribution in [2.75, 3.05) is 18.8 Å². The summed E-state index contributed by atoms with van der Waals surface area (Å²) >= 11 is 3.37. The lowest BCUT2D eigenvalue weighted by atomic mass is 9.95. The molecule has 18 heavy (non-hydrogen) atoms. The van der Waals surface area contributed by atoms with E-state index >= 15 is 0 Å². The van der Waals surface area contributed by atoms with E-state index in [0.717, 1.165) is 24.0 Å². The van der Waals surface area contributed by atoms with Crippen LogP contribution < -0.4 is 5.73 Å². The highest BCUT2D eigenvalue weighted by Crippen LogP contribution is 2.26. The molecule has 0 radical (unpaired) electrons. The number of hydrogen-bond acceptors (Lipinski definition) is 2. The number of nitrogens with zero attached hydrogens (tertiary/aromatic N) is 1. The van der Waals surface area contributed by atoms with Gasteiger partial charge in [0.25, 0.3) is 5.91 Å². The van der Waals surface area contributed by atoms with Crippen molar-refractivity contribution in [2.45, 2.75) is 20.3 Å². The number of halogens is 1. The third-order valence-corrected chi connectivity index (χ3v) is 4.08. The summed E-state index contributed by atoms with van der Waals surface area (Å²) in [6.07, 6.45) is 1.10. The number of likely N-dealkylation sites (tertiary alicyclic amines) is 1. The van der Waals surface area contributed by atoms with E-state index in [2.05, 4.69) is 29.8 Å². The summed E-state index contributed by atoms with van der Waals surface area (Å²) in [6, 6.07) is 5.38. The molecular weight excluding hydrogens is 292 g/mol. The van der Waals surface area contributed by atoms with Crippen LogP contribution in [0.5, 0.6) is 0 Å². The van der Waals surface area contributed by atoms with E-state index in [4.69, 9.17) is 5.73 Å². The molecule has 1 amide bonds. The highest BCUT2D eigenvalue weighted by Gasteiger charge is 2.28. The van der Waals surface area contributed by atoms with Crippen molar-refractivity contribution in [1.82, 2.24) is 4.90 Å². The number of amides is 1. The number of rotatable bonds is 2. The zero-order valence-electron chi connectivity index (χ0n) is 10.8. The fraction of sp³-hybridized carbons (Fsp3) is 0.500. The smallest absolute Gasteiger partial charge is 0.253 e. The number of carbonyl (C=O) groups is 1. The number of carbonyl (C=O) groups excluding carboxylic acids is 1. The summed E-state index contributed by atoms with van der Waals surface area (Å²) in [6.45, 7) is 6.16. The lowest BCUT2D eigenvalue weighted by Gasteiger charge is -2.18. The Hall–Kier alpha value is -1.03. The predicted octanol–water partition coefficient (Wildman–Crippen LogP) is 3.15. The Kier molecular flexibility index (Phi) is 3.95. The average Bonchev–Trinajstić information content (AvgIpc) is 2.75. The molecule has 4 heteroatoms. The molecule has 1 aromatic carbocycles. The molecule has 0 aliphatic carbocycles. The van der Waals surface area contributed by atoms with Crippen molar-refractivity contribution in [3.05, 3.63) is 28.2 Å². The third kappa shape index (κ3) is 2.86. The number of nitrogens with two attached hydrogens (primary N) is 1. The van der Waals surface area contributed by atoms with Crippen molar-refractivity contribution in [1.29, 1.82) is 0 Å². The maximum Gasteiger partial charge on any atom is 0.253 e. The molecular formula is C14H19BrN2O. The Morgan fingerprint density at radius 3 is 2.72 bits per heavy atom. The number of anilines is 1. The van der Waals surface area contributed by atoms with Crippen molar-refractivity contribution in [3.63, 3.8) is 0 Å². The van der Waals surface area contributed by atoms with Gasteiger partial charge in [0.05, 0.1) is 0 Å². The predicted molar refractivity (Wildman–Crippen MR) is 77.4 cm³/mol. The van der Waals surface area contributed by atoms with E-state index in [0.29, 0.717) is 23.1 Å². The molecule has 1 unspecified atom stereocenters. The fourth-order valence-electron chi connectivity index (χ4n) is 2.43. The van der Waals surface area contributed by atoms with Gasteiger partial charge in [0, 0.05) is 28.8 Å². The number of nitrogen functional groups attached to an aromatic ring is 1. The largest absolute Gasteiger partial charge is 0.399 e. The summed E-state index contributed by atoms with van der Waals surface area (Å²) in [5.41, 5.74) is 7.06. The van der Waals surface area contributed by atoms with E-state index in [1.807, 2.05) is 11.0 Å². The summed E-state index contributed by atoms with van der Waals surface area (Å²) in [7, 11) is 0. The van der Waals surface area contributed by atoms with Gasteiger partial charge in [-0.2, -0.15) is 0 Å². The first kappa shape index (κ1) is 13.4. The highest BCUT2D eigenvalue weighted by atomic mass is 79.9. The van der Waals surface area contributed by atoms with E-state index in [-0.39, 0.29) is 5.91 Å². The minimum Gasteiger partial charge on any atom is -0.399 e. The Morgan fingerprint density at radius 2 is 2.17 bits per heavy atom. The Bertz CT molecular complexity index is 439. The molecule has 0 saturated carbocycles. The van der Waals surface area contributed by atoms with Gasteiger partial charge in [0.1, 0.15) is 0 Å². The van der Waals surface area contributed by atoms with E-state index in [1.54, 1.807) is 12.1 Å². The molecule has 1 aliphatic heterocycles. The zero-order valence-corrected chi connectivity index (χ0v) is 12.4. The van der Waals surface area contributed by atoms with Gasteiger partial charge in [0.15, 0.2) is 0 Å². The maximum atomic E-state index is 12.4. The van der Waals surface area contributed by atoms with Crippen molar-refractivity contribution >= 4 is 27.5 Å². The molecule has 0 aromatic heterocycles. The second kappa shape index (κ2) is 5.31. The lowest BCUT2D eigenvalue weighted by Crippen LogP contribution is -2.29. The first-order chi connectivity index (χ1) is 8.47. The molecule has 98 valence electrons. The second-order valence-corrected chi connectivity index (χ2v) is 6.23. The van der Waals surface area contributed by atoms with Crippen molar-refractivity contribution in [2.24, 2.45) is 11.8 Å². The molecule has 1 aliphatic rings. The molecule has 3 nitrogen and oxygen atoms in total. The van der Waals surface area contributed by atoms with Gasteiger partial charge in [-0.1, -0.05) is 29.8 Å². The first-order valence-electron chi connectivity index (χ1n) is 6.32. The molecule has 1 aromatic rings. The zero-order chi connectivity index (χ0) is 13.3. The minimum atomic E-state index is 0.0890. The van der Waals surface area contributed by atoms with Crippen LogP contribution in [0.4, 0.5) is 5.69 Å². The van der Waals surface area contributed by atoms with Crippen LogP contribution >= 0.6 is 15.9 Å². The number of hydrogen-bond donors (Lipinski definition) is 1. The molecule has 2 N–H and O–H groups in total. The number of benzene rings is 1. The monoisotopic (exact) mass is 310 g/mol. The van der Waals surface area contributed by atoms with Gasteiger partial charge >= 0.3 is 0 Å². The van der Waals surface area contributed by atoms with Gasteiger partial charge in [-0.3, -0.25) is 4.79 Å².